The first-order valence-corrected chi connectivity index (χ1v) is 9.14. The lowest BCUT2D eigenvalue weighted by molar-refractivity contribution is 0.581. The summed E-state index contributed by atoms with van der Waals surface area (Å²) >= 11 is 1.24. The Hall–Kier alpha value is -1.22. The van der Waals surface area contributed by atoms with E-state index in [2.05, 4.69) is 22.1 Å². The molecule has 2 N–H and O–H groups in total. The fraction of sp³-hybridized carbons (Fsp3) is 0.462. The molecule has 21 heavy (non-hydrogen) atoms. The van der Waals surface area contributed by atoms with E-state index in [9.17, 15) is 8.42 Å². The molecule has 0 aliphatic rings. The Balaban J connectivity index is 1.95. The number of hydrogen-bond acceptors (Lipinski definition) is 5. The molecular weight excluding hydrogens is 308 g/mol. The molecule has 0 saturated carbocycles. The minimum atomic E-state index is -3.47. The van der Waals surface area contributed by atoms with Gasteiger partial charge in [0, 0.05) is 19.8 Å². The van der Waals surface area contributed by atoms with Crippen molar-refractivity contribution in [3.05, 3.63) is 35.0 Å². The Morgan fingerprint density at radius 3 is 2.86 bits per heavy atom. The first kappa shape index (κ1) is 16.2. The Labute approximate surface area is 129 Å². The van der Waals surface area contributed by atoms with Crippen LogP contribution in [0.15, 0.2) is 27.9 Å². The van der Waals surface area contributed by atoms with Crippen molar-refractivity contribution < 1.29 is 8.42 Å². The van der Waals surface area contributed by atoms with E-state index >= 15 is 0 Å². The van der Waals surface area contributed by atoms with Crippen molar-refractivity contribution in [2.75, 3.05) is 6.54 Å². The number of nitrogens with one attached hydrogen (secondary N) is 2. The Morgan fingerprint density at radius 2 is 2.19 bits per heavy atom. The van der Waals surface area contributed by atoms with Crippen molar-refractivity contribution in [3.63, 3.8) is 0 Å². The standard InChI is InChI=1S/C13H20N4O2S2/c1-3-5-14-8-11-7-13(20-10-11)21(18,19)15-9-12-4-6-17(2)16-12/h4,6-7,10,14-15H,3,5,8-9H2,1-2H3. The summed E-state index contributed by atoms with van der Waals surface area (Å²) in [7, 11) is -1.67. The SMILES string of the molecule is CCCNCc1csc(S(=O)(=O)NCc2ccn(C)n2)c1. The number of sulfonamides is 1. The third-order valence-electron chi connectivity index (χ3n) is 2.86. The van der Waals surface area contributed by atoms with Crippen molar-refractivity contribution in [1.29, 1.82) is 0 Å². The van der Waals surface area contributed by atoms with E-state index in [1.807, 2.05) is 5.38 Å². The van der Waals surface area contributed by atoms with Gasteiger partial charge in [0.2, 0.25) is 10.0 Å². The second-order valence-corrected chi connectivity index (χ2v) is 7.66. The molecule has 0 aliphatic heterocycles. The molecule has 0 fully saturated rings. The van der Waals surface area contributed by atoms with Gasteiger partial charge in [-0.2, -0.15) is 5.10 Å². The van der Waals surface area contributed by atoms with Gasteiger partial charge in [-0.25, -0.2) is 13.1 Å². The lowest BCUT2D eigenvalue weighted by Crippen LogP contribution is -2.22. The van der Waals surface area contributed by atoms with E-state index in [1.54, 1.807) is 30.1 Å². The molecule has 0 amide bonds. The quantitative estimate of drug-likeness (QED) is 0.719. The third-order valence-corrected chi connectivity index (χ3v) is 5.75. The maximum absolute atomic E-state index is 12.2. The lowest BCUT2D eigenvalue weighted by atomic mass is 10.3. The van der Waals surface area contributed by atoms with E-state index in [-0.39, 0.29) is 6.54 Å². The molecular formula is C13H20N4O2S2. The molecule has 6 nitrogen and oxygen atoms in total. The van der Waals surface area contributed by atoms with Crippen LogP contribution in [0.2, 0.25) is 0 Å². The summed E-state index contributed by atoms with van der Waals surface area (Å²) in [6.45, 7) is 3.92. The molecule has 2 rings (SSSR count). The average Bonchev–Trinajstić information content (AvgIpc) is 3.06. The van der Waals surface area contributed by atoms with Crippen LogP contribution in [0.3, 0.4) is 0 Å². The van der Waals surface area contributed by atoms with Gasteiger partial charge in [-0.15, -0.1) is 11.3 Å². The highest BCUT2D eigenvalue weighted by atomic mass is 32.2. The molecule has 2 aromatic rings. The van der Waals surface area contributed by atoms with Gasteiger partial charge in [0.1, 0.15) is 4.21 Å². The van der Waals surface area contributed by atoms with Gasteiger partial charge in [0.15, 0.2) is 0 Å². The van der Waals surface area contributed by atoms with Crippen LogP contribution >= 0.6 is 11.3 Å². The number of nitrogens with zero attached hydrogens (tertiary/aromatic N) is 2. The number of aromatic nitrogens is 2. The number of rotatable bonds is 8. The van der Waals surface area contributed by atoms with E-state index in [0.717, 1.165) is 18.5 Å². The van der Waals surface area contributed by atoms with Gasteiger partial charge in [-0.05, 0) is 36.0 Å². The summed E-state index contributed by atoms with van der Waals surface area (Å²) in [4.78, 5) is 0. The predicted octanol–water partition coefficient (Wildman–Crippen LogP) is 1.46. The Bertz CT molecular complexity index is 676. The van der Waals surface area contributed by atoms with Crippen molar-refractivity contribution in [1.82, 2.24) is 19.8 Å². The molecule has 0 radical (unpaired) electrons. The molecule has 0 spiro atoms. The maximum Gasteiger partial charge on any atom is 0.250 e. The number of aryl methyl sites for hydroxylation is 1. The highest BCUT2D eigenvalue weighted by Gasteiger charge is 2.16. The summed E-state index contributed by atoms with van der Waals surface area (Å²) < 4.78 is 29.0. The molecule has 116 valence electrons. The lowest BCUT2D eigenvalue weighted by Gasteiger charge is -2.02. The molecule has 0 bridgehead atoms. The third kappa shape index (κ3) is 4.63. The van der Waals surface area contributed by atoms with Gasteiger partial charge >= 0.3 is 0 Å². The zero-order chi connectivity index (χ0) is 15.3. The van der Waals surface area contributed by atoms with Gasteiger partial charge in [-0.3, -0.25) is 4.68 Å². The fourth-order valence-electron chi connectivity index (χ4n) is 1.79. The minimum absolute atomic E-state index is 0.199. The van der Waals surface area contributed by atoms with Crippen molar-refractivity contribution in [2.24, 2.45) is 7.05 Å². The van der Waals surface area contributed by atoms with Gasteiger partial charge in [0.25, 0.3) is 0 Å². The van der Waals surface area contributed by atoms with Crippen molar-refractivity contribution >= 4 is 21.4 Å². The summed E-state index contributed by atoms with van der Waals surface area (Å²) in [5.41, 5.74) is 1.69. The zero-order valence-corrected chi connectivity index (χ0v) is 13.8. The molecule has 0 atom stereocenters. The highest BCUT2D eigenvalue weighted by molar-refractivity contribution is 7.91. The summed E-state index contributed by atoms with van der Waals surface area (Å²) in [5.74, 6) is 0. The second-order valence-electron chi connectivity index (χ2n) is 4.76. The normalized spacial score (nSPS) is 11.9. The van der Waals surface area contributed by atoms with Crippen LogP contribution in [-0.4, -0.2) is 24.7 Å². The van der Waals surface area contributed by atoms with Crippen molar-refractivity contribution in [2.45, 2.75) is 30.6 Å². The first-order valence-electron chi connectivity index (χ1n) is 6.77. The monoisotopic (exact) mass is 328 g/mol. The Morgan fingerprint density at radius 1 is 1.38 bits per heavy atom. The zero-order valence-electron chi connectivity index (χ0n) is 12.2. The van der Waals surface area contributed by atoms with Crippen LogP contribution in [0.1, 0.15) is 24.6 Å². The molecule has 0 saturated heterocycles. The fourth-order valence-corrected chi connectivity index (χ4v) is 4.05. The minimum Gasteiger partial charge on any atom is -0.313 e. The summed E-state index contributed by atoms with van der Waals surface area (Å²) in [6, 6.07) is 3.51. The van der Waals surface area contributed by atoms with Crippen LogP contribution in [0, 0.1) is 0 Å². The maximum atomic E-state index is 12.2. The van der Waals surface area contributed by atoms with E-state index < -0.39 is 10.0 Å². The van der Waals surface area contributed by atoms with Gasteiger partial charge in [0.05, 0.1) is 12.2 Å². The molecule has 0 aromatic carbocycles. The molecule has 8 heteroatoms. The van der Waals surface area contributed by atoms with E-state index in [4.69, 9.17) is 0 Å². The largest absolute Gasteiger partial charge is 0.313 e. The van der Waals surface area contributed by atoms with E-state index in [1.165, 1.54) is 11.3 Å². The molecule has 2 heterocycles. The van der Waals surface area contributed by atoms with Crippen LogP contribution < -0.4 is 10.0 Å². The Kier molecular flexibility index (Phi) is 5.51. The van der Waals surface area contributed by atoms with Gasteiger partial charge < -0.3 is 5.32 Å². The highest BCUT2D eigenvalue weighted by Crippen LogP contribution is 2.20. The van der Waals surface area contributed by atoms with E-state index in [0.29, 0.717) is 16.4 Å². The number of thiophene rings is 1. The average molecular weight is 328 g/mol. The van der Waals surface area contributed by atoms with Crippen LogP contribution in [0.5, 0.6) is 0 Å². The first-order chi connectivity index (χ1) is 10.0. The predicted molar refractivity (Wildman–Crippen MR) is 83.6 cm³/mol. The smallest absolute Gasteiger partial charge is 0.250 e. The van der Waals surface area contributed by atoms with Crippen LogP contribution in [0.4, 0.5) is 0 Å². The topological polar surface area (TPSA) is 76.0 Å². The van der Waals surface area contributed by atoms with Gasteiger partial charge in [-0.1, -0.05) is 6.92 Å². The molecule has 0 aliphatic carbocycles. The molecule has 0 unspecified atom stereocenters. The van der Waals surface area contributed by atoms with Crippen LogP contribution in [0.25, 0.3) is 0 Å². The molecule has 2 aromatic heterocycles. The van der Waals surface area contributed by atoms with Crippen molar-refractivity contribution in [3.8, 4) is 0 Å². The summed E-state index contributed by atoms with van der Waals surface area (Å²) in [6.07, 6.45) is 2.84. The number of hydrogen-bond donors (Lipinski definition) is 2. The second kappa shape index (κ2) is 7.17. The summed E-state index contributed by atoms with van der Waals surface area (Å²) in [5, 5.41) is 9.27. The van der Waals surface area contributed by atoms with Crippen LogP contribution in [-0.2, 0) is 30.2 Å².